The number of carbonyl (C=O) groups excluding carboxylic acids is 1. The maximum Gasteiger partial charge on any atom is 0.239 e. The predicted octanol–water partition coefficient (Wildman–Crippen LogP) is 5.60. The molecular formula is C24H24Cl3N3O2S. The minimum absolute atomic E-state index is 0.0350. The van der Waals surface area contributed by atoms with Gasteiger partial charge in [0, 0.05) is 58.0 Å². The molecule has 0 radical (unpaired) electrons. The van der Waals surface area contributed by atoms with E-state index in [4.69, 9.17) is 45.3 Å². The van der Waals surface area contributed by atoms with Crippen molar-refractivity contribution in [2.45, 2.75) is 12.5 Å². The molecule has 5 nitrogen and oxygen atoms in total. The number of nitrogens with zero attached hydrogens (tertiary/aromatic N) is 2. The molecular weight excluding hydrogens is 501 g/mol. The van der Waals surface area contributed by atoms with Crippen molar-refractivity contribution in [3.05, 3.63) is 68.5 Å². The number of anilines is 1. The summed E-state index contributed by atoms with van der Waals surface area (Å²) in [6.45, 7) is 2.57. The van der Waals surface area contributed by atoms with Crippen LogP contribution in [0.1, 0.15) is 4.88 Å². The lowest BCUT2D eigenvalue weighted by Gasteiger charge is -2.37. The Hall–Kier alpha value is -1.96. The maximum atomic E-state index is 13.0. The average Bonchev–Trinajstić information content (AvgIpc) is 3.26. The molecule has 0 aliphatic carbocycles. The van der Waals surface area contributed by atoms with Gasteiger partial charge in [-0.15, -0.1) is 11.3 Å². The summed E-state index contributed by atoms with van der Waals surface area (Å²) in [6.07, 6.45) is 0.483. The van der Waals surface area contributed by atoms with Crippen LogP contribution in [0.25, 0.3) is 10.4 Å². The smallest absolute Gasteiger partial charge is 0.239 e. The van der Waals surface area contributed by atoms with Crippen molar-refractivity contribution in [3.8, 4) is 16.2 Å². The molecule has 174 valence electrons. The molecule has 1 aliphatic heterocycles. The van der Waals surface area contributed by atoms with Crippen LogP contribution in [0.4, 0.5) is 5.69 Å². The Balaban J connectivity index is 1.36. The van der Waals surface area contributed by atoms with Crippen LogP contribution in [0.2, 0.25) is 15.1 Å². The Morgan fingerprint density at radius 2 is 1.73 bits per heavy atom. The van der Waals surface area contributed by atoms with E-state index in [1.54, 1.807) is 30.6 Å². The summed E-state index contributed by atoms with van der Waals surface area (Å²) < 4.78 is 5.47. The van der Waals surface area contributed by atoms with Crippen LogP contribution in [0.15, 0.2) is 48.5 Å². The number of hydrogen-bond acceptors (Lipinski definition) is 5. The third kappa shape index (κ3) is 5.58. The van der Waals surface area contributed by atoms with Crippen molar-refractivity contribution in [2.75, 3.05) is 38.2 Å². The van der Waals surface area contributed by atoms with Crippen LogP contribution in [0.5, 0.6) is 5.75 Å². The average molecular weight is 525 g/mol. The topological polar surface area (TPSA) is 58.8 Å². The molecule has 1 unspecified atom stereocenters. The van der Waals surface area contributed by atoms with E-state index in [0.29, 0.717) is 47.7 Å². The standard InChI is InChI=1S/C24H24Cl3N3O2S/c1-32-22-6-3-16(26)13-21(22)29-8-10-30(11-9-29)24(31)20(28)14-17-4-7-23(33-17)18-5-2-15(25)12-19(18)27/h2-7,12-13,20H,8-11,14,28H2,1H3. The molecule has 1 aromatic heterocycles. The molecule has 9 heteroatoms. The van der Waals surface area contributed by atoms with E-state index in [-0.39, 0.29) is 5.91 Å². The van der Waals surface area contributed by atoms with Crippen LogP contribution >= 0.6 is 46.1 Å². The summed E-state index contributed by atoms with van der Waals surface area (Å²) in [6, 6.07) is 14.4. The molecule has 3 aromatic rings. The van der Waals surface area contributed by atoms with Gasteiger partial charge in [-0.2, -0.15) is 0 Å². The molecule has 2 aromatic carbocycles. The number of ether oxygens (including phenoxy) is 1. The van der Waals surface area contributed by atoms with Crippen molar-refractivity contribution < 1.29 is 9.53 Å². The van der Waals surface area contributed by atoms with E-state index in [9.17, 15) is 4.79 Å². The minimum Gasteiger partial charge on any atom is -0.495 e. The first-order chi connectivity index (χ1) is 15.9. The molecule has 1 saturated heterocycles. The molecule has 2 N–H and O–H groups in total. The van der Waals surface area contributed by atoms with Gasteiger partial charge in [-0.1, -0.05) is 40.9 Å². The number of halogens is 3. The highest BCUT2D eigenvalue weighted by atomic mass is 35.5. The van der Waals surface area contributed by atoms with E-state index in [1.807, 2.05) is 41.3 Å². The third-order valence-corrected chi connectivity index (χ3v) is 7.59. The van der Waals surface area contributed by atoms with Crippen LogP contribution < -0.4 is 15.4 Å². The second-order valence-electron chi connectivity index (χ2n) is 7.83. The SMILES string of the molecule is COc1ccc(Cl)cc1N1CCN(C(=O)C(N)Cc2ccc(-c3ccc(Cl)cc3Cl)s2)CC1. The Kier molecular flexibility index (Phi) is 7.72. The number of carbonyl (C=O) groups is 1. The highest BCUT2D eigenvalue weighted by molar-refractivity contribution is 7.15. The molecule has 0 spiro atoms. The van der Waals surface area contributed by atoms with E-state index in [1.165, 1.54) is 0 Å². The second-order valence-corrected chi connectivity index (χ2v) is 10.3. The fraction of sp³-hybridized carbons (Fsp3) is 0.292. The summed E-state index contributed by atoms with van der Waals surface area (Å²) in [5.74, 6) is 0.734. The zero-order valence-electron chi connectivity index (χ0n) is 18.1. The first-order valence-corrected chi connectivity index (χ1v) is 12.5. The van der Waals surface area contributed by atoms with Crippen LogP contribution in [0, 0.1) is 0 Å². The van der Waals surface area contributed by atoms with Gasteiger partial charge >= 0.3 is 0 Å². The zero-order valence-corrected chi connectivity index (χ0v) is 21.1. The van der Waals surface area contributed by atoms with Gasteiger partial charge in [0.2, 0.25) is 5.91 Å². The molecule has 4 rings (SSSR count). The van der Waals surface area contributed by atoms with Gasteiger partial charge in [0.05, 0.1) is 23.9 Å². The maximum absolute atomic E-state index is 13.0. The van der Waals surface area contributed by atoms with Gasteiger partial charge in [0.25, 0.3) is 0 Å². The fourth-order valence-electron chi connectivity index (χ4n) is 3.94. The predicted molar refractivity (Wildman–Crippen MR) is 138 cm³/mol. The van der Waals surface area contributed by atoms with E-state index < -0.39 is 6.04 Å². The zero-order chi connectivity index (χ0) is 23.5. The quantitative estimate of drug-likeness (QED) is 0.456. The number of methoxy groups -OCH3 is 1. The van der Waals surface area contributed by atoms with Crippen molar-refractivity contribution in [2.24, 2.45) is 5.73 Å². The van der Waals surface area contributed by atoms with E-state index >= 15 is 0 Å². The van der Waals surface area contributed by atoms with Gasteiger partial charge < -0.3 is 20.3 Å². The second kappa shape index (κ2) is 10.5. The van der Waals surface area contributed by atoms with Crippen molar-refractivity contribution in [1.29, 1.82) is 0 Å². The van der Waals surface area contributed by atoms with Gasteiger partial charge in [0.1, 0.15) is 5.75 Å². The van der Waals surface area contributed by atoms with Gasteiger partial charge in [-0.05, 0) is 42.5 Å². The number of nitrogens with two attached hydrogens (primary N) is 1. The molecule has 0 bridgehead atoms. The summed E-state index contributed by atoms with van der Waals surface area (Å²) in [5.41, 5.74) is 8.17. The van der Waals surface area contributed by atoms with Crippen molar-refractivity contribution in [1.82, 2.24) is 4.90 Å². The van der Waals surface area contributed by atoms with Gasteiger partial charge in [-0.25, -0.2) is 0 Å². The molecule has 1 amide bonds. The van der Waals surface area contributed by atoms with Gasteiger partial charge in [-0.3, -0.25) is 4.79 Å². The summed E-state index contributed by atoms with van der Waals surface area (Å²) in [5, 5.41) is 1.86. The molecule has 1 fully saturated rings. The highest BCUT2D eigenvalue weighted by Crippen LogP contribution is 2.35. The van der Waals surface area contributed by atoms with Crippen LogP contribution in [-0.4, -0.2) is 50.1 Å². The summed E-state index contributed by atoms with van der Waals surface area (Å²) in [7, 11) is 1.64. The largest absolute Gasteiger partial charge is 0.495 e. The molecule has 2 heterocycles. The number of piperazine rings is 1. The molecule has 1 atom stereocenters. The van der Waals surface area contributed by atoms with E-state index in [2.05, 4.69) is 4.90 Å². The summed E-state index contributed by atoms with van der Waals surface area (Å²) in [4.78, 5) is 19.1. The Labute approximate surface area is 212 Å². The monoisotopic (exact) mass is 523 g/mol. The number of thiophene rings is 1. The Bertz CT molecular complexity index is 1150. The highest BCUT2D eigenvalue weighted by Gasteiger charge is 2.27. The normalized spacial score (nSPS) is 14.9. The van der Waals surface area contributed by atoms with Crippen LogP contribution in [0.3, 0.4) is 0 Å². The van der Waals surface area contributed by atoms with Gasteiger partial charge in [0.15, 0.2) is 0 Å². The lowest BCUT2D eigenvalue weighted by atomic mass is 10.1. The number of hydrogen-bond donors (Lipinski definition) is 1. The minimum atomic E-state index is -0.593. The van der Waals surface area contributed by atoms with Crippen molar-refractivity contribution >= 4 is 57.7 Å². The Morgan fingerprint density at radius 3 is 2.42 bits per heavy atom. The number of amides is 1. The van der Waals surface area contributed by atoms with E-state index in [0.717, 1.165) is 26.8 Å². The molecule has 33 heavy (non-hydrogen) atoms. The number of benzene rings is 2. The van der Waals surface area contributed by atoms with Crippen molar-refractivity contribution in [3.63, 3.8) is 0 Å². The van der Waals surface area contributed by atoms with Crippen LogP contribution in [-0.2, 0) is 11.2 Å². The summed E-state index contributed by atoms with van der Waals surface area (Å²) >= 11 is 20.1. The third-order valence-electron chi connectivity index (χ3n) is 5.67. The number of rotatable bonds is 6. The first kappa shape index (κ1) is 24.2. The Morgan fingerprint density at radius 1 is 1.03 bits per heavy atom. The first-order valence-electron chi connectivity index (χ1n) is 10.5. The lowest BCUT2D eigenvalue weighted by molar-refractivity contribution is -0.132. The fourth-order valence-corrected chi connectivity index (χ4v) is 5.78. The molecule has 0 saturated carbocycles. The molecule has 1 aliphatic rings. The lowest BCUT2D eigenvalue weighted by Crippen LogP contribution is -2.53.